The van der Waals surface area contributed by atoms with Crippen molar-refractivity contribution in [2.24, 2.45) is 0 Å². The maximum absolute atomic E-state index is 10.4. The summed E-state index contributed by atoms with van der Waals surface area (Å²) in [7, 11) is 0. The Morgan fingerprint density at radius 1 is 1.62 bits per heavy atom. The highest BCUT2D eigenvalue weighted by molar-refractivity contribution is 5.71. The minimum atomic E-state index is 0.0300. The van der Waals surface area contributed by atoms with Gasteiger partial charge in [-0.05, 0) is 25.3 Å². The van der Waals surface area contributed by atoms with Gasteiger partial charge in [0.2, 0.25) is 0 Å². The van der Waals surface area contributed by atoms with Crippen LogP contribution in [0.3, 0.4) is 0 Å². The van der Waals surface area contributed by atoms with E-state index in [0.717, 1.165) is 25.7 Å². The van der Waals surface area contributed by atoms with E-state index in [0.29, 0.717) is 5.69 Å². The van der Waals surface area contributed by atoms with Gasteiger partial charge in [0.15, 0.2) is 6.29 Å². The normalized spacial score (nSPS) is 22.9. The van der Waals surface area contributed by atoms with Crippen molar-refractivity contribution in [1.29, 1.82) is 0 Å². The van der Waals surface area contributed by atoms with E-state index in [1.807, 2.05) is 0 Å². The summed E-state index contributed by atoms with van der Waals surface area (Å²) in [6.45, 7) is 0.793. The fourth-order valence-electron chi connectivity index (χ4n) is 1.51. The molecule has 1 aromatic rings. The number of nitrogens with zero attached hydrogens (tertiary/aromatic N) is 2. The monoisotopic (exact) mass is 180 g/mol. The van der Waals surface area contributed by atoms with Gasteiger partial charge in [0.05, 0.1) is 0 Å². The van der Waals surface area contributed by atoms with Gasteiger partial charge >= 0.3 is 0 Å². The van der Waals surface area contributed by atoms with Crippen LogP contribution in [0.1, 0.15) is 36.0 Å². The van der Waals surface area contributed by atoms with Gasteiger partial charge in [-0.2, -0.15) is 5.10 Å². The molecule has 0 amide bonds. The molecule has 4 nitrogen and oxygen atoms in total. The van der Waals surface area contributed by atoms with Gasteiger partial charge in [-0.3, -0.25) is 4.79 Å². The fraction of sp³-hybridized carbons (Fsp3) is 0.556. The Hall–Kier alpha value is -1.16. The molecular weight excluding hydrogens is 168 g/mol. The molecule has 1 fully saturated rings. The van der Waals surface area contributed by atoms with Crippen molar-refractivity contribution in [1.82, 2.24) is 9.78 Å². The second-order valence-electron chi connectivity index (χ2n) is 3.16. The molecular formula is C9H12N2O2. The van der Waals surface area contributed by atoms with Crippen molar-refractivity contribution < 1.29 is 9.53 Å². The van der Waals surface area contributed by atoms with E-state index >= 15 is 0 Å². The maximum atomic E-state index is 10.4. The number of hydrogen-bond acceptors (Lipinski definition) is 3. The molecule has 2 rings (SSSR count). The van der Waals surface area contributed by atoms with Crippen LogP contribution in [0.25, 0.3) is 0 Å². The molecule has 0 radical (unpaired) electrons. The minimum Gasteiger partial charge on any atom is -0.357 e. The highest BCUT2D eigenvalue weighted by atomic mass is 16.5. The summed E-state index contributed by atoms with van der Waals surface area (Å²) in [5.74, 6) is 0. The van der Waals surface area contributed by atoms with Crippen LogP contribution in [0.2, 0.25) is 0 Å². The SMILES string of the molecule is O=Cc1ccn([C@H]2CCCCO2)n1. The molecule has 1 aromatic heterocycles. The summed E-state index contributed by atoms with van der Waals surface area (Å²) in [5.41, 5.74) is 0.467. The summed E-state index contributed by atoms with van der Waals surface area (Å²) < 4.78 is 7.23. The lowest BCUT2D eigenvalue weighted by Crippen LogP contribution is -2.18. The molecule has 0 unspecified atom stereocenters. The third kappa shape index (κ3) is 1.78. The zero-order chi connectivity index (χ0) is 9.10. The molecule has 0 spiro atoms. The van der Waals surface area contributed by atoms with E-state index in [1.54, 1.807) is 16.9 Å². The van der Waals surface area contributed by atoms with E-state index in [9.17, 15) is 4.79 Å². The molecule has 1 aliphatic heterocycles. The number of hydrogen-bond donors (Lipinski definition) is 0. The third-order valence-corrected chi connectivity index (χ3v) is 2.20. The predicted molar refractivity (Wildman–Crippen MR) is 46.5 cm³/mol. The van der Waals surface area contributed by atoms with Crippen LogP contribution < -0.4 is 0 Å². The van der Waals surface area contributed by atoms with Crippen molar-refractivity contribution in [2.45, 2.75) is 25.5 Å². The third-order valence-electron chi connectivity index (χ3n) is 2.20. The van der Waals surface area contributed by atoms with Crippen LogP contribution in [-0.2, 0) is 4.74 Å². The van der Waals surface area contributed by atoms with E-state index < -0.39 is 0 Å². The van der Waals surface area contributed by atoms with E-state index in [2.05, 4.69) is 5.10 Å². The van der Waals surface area contributed by atoms with E-state index in [4.69, 9.17) is 4.74 Å². The van der Waals surface area contributed by atoms with Gasteiger partial charge in [-0.25, -0.2) is 4.68 Å². The number of aldehydes is 1. The molecule has 0 aliphatic carbocycles. The molecule has 0 bridgehead atoms. The largest absolute Gasteiger partial charge is 0.357 e. The second kappa shape index (κ2) is 3.70. The van der Waals surface area contributed by atoms with Gasteiger partial charge in [-0.15, -0.1) is 0 Å². The van der Waals surface area contributed by atoms with E-state index in [-0.39, 0.29) is 6.23 Å². The van der Waals surface area contributed by atoms with Crippen molar-refractivity contribution in [3.05, 3.63) is 18.0 Å². The number of carbonyl (C=O) groups is 1. The van der Waals surface area contributed by atoms with Gasteiger partial charge in [0.1, 0.15) is 11.9 Å². The maximum Gasteiger partial charge on any atom is 0.170 e. The van der Waals surface area contributed by atoms with Crippen LogP contribution in [0.4, 0.5) is 0 Å². The minimum absolute atomic E-state index is 0.0300. The first-order chi connectivity index (χ1) is 6.40. The second-order valence-corrected chi connectivity index (χ2v) is 3.16. The molecule has 13 heavy (non-hydrogen) atoms. The Labute approximate surface area is 76.5 Å². The Kier molecular flexibility index (Phi) is 2.40. The molecule has 1 atom stereocenters. The highest BCUT2D eigenvalue weighted by Gasteiger charge is 2.15. The number of ether oxygens (including phenoxy) is 1. The van der Waals surface area contributed by atoms with Crippen LogP contribution in [0.5, 0.6) is 0 Å². The van der Waals surface area contributed by atoms with Gasteiger partial charge in [0, 0.05) is 12.8 Å². The van der Waals surface area contributed by atoms with Gasteiger partial charge < -0.3 is 4.74 Å². The molecule has 0 N–H and O–H groups in total. The molecule has 70 valence electrons. The first-order valence-corrected chi connectivity index (χ1v) is 4.52. The quantitative estimate of drug-likeness (QED) is 0.646. The molecule has 1 aliphatic rings. The summed E-state index contributed by atoms with van der Waals surface area (Å²) in [6, 6.07) is 1.70. The average Bonchev–Trinajstić information content (AvgIpc) is 2.67. The van der Waals surface area contributed by atoms with Crippen molar-refractivity contribution in [2.75, 3.05) is 6.61 Å². The summed E-state index contributed by atoms with van der Waals surface area (Å²) >= 11 is 0. The fourth-order valence-corrected chi connectivity index (χ4v) is 1.51. The number of aromatic nitrogens is 2. The first kappa shape index (κ1) is 8.44. The summed E-state index contributed by atoms with van der Waals surface area (Å²) in [6.07, 6.45) is 5.85. The van der Waals surface area contributed by atoms with Gasteiger partial charge in [-0.1, -0.05) is 0 Å². The smallest absolute Gasteiger partial charge is 0.170 e. The summed E-state index contributed by atoms with van der Waals surface area (Å²) in [5, 5.41) is 4.08. The lowest BCUT2D eigenvalue weighted by molar-refractivity contribution is -0.0395. The molecule has 2 heterocycles. The molecule has 0 aromatic carbocycles. The van der Waals surface area contributed by atoms with Crippen molar-refractivity contribution >= 4 is 6.29 Å². The zero-order valence-electron chi connectivity index (χ0n) is 7.35. The standard InChI is InChI=1S/C9H12N2O2/c12-7-8-4-5-11(10-8)9-3-1-2-6-13-9/h4-5,7,9H,1-3,6H2/t9-/m1/s1. The van der Waals surface area contributed by atoms with Gasteiger partial charge in [0.25, 0.3) is 0 Å². The molecule has 0 saturated carbocycles. The van der Waals surface area contributed by atoms with Crippen LogP contribution in [0.15, 0.2) is 12.3 Å². The number of carbonyl (C=O) groups excluding carboxylic acids is 1. The first-order valence-electron chi connectivity index (χ1n) is 4.52. The topological polar surface area (TPSA) is 44.1 Å². The summed E-state index contributed by atoms with van der Waals surface area (Å²) in [4.78, 5) is 10.4. The van der Waals surface area contributed by atoms with Crippen LogP contribution in [-0.4, -0.2) is 22.7 Å². The molecule has 4 heteroatoms. The van der Waals surface area contributed by atoms with Crippen molar-refractivity contribution in [3.63, 3.8) is 0 Å². The van der Waals surface area contributed by atoms with Crippen LogP contribution >= 0.6 is 0 Å². The lowest BCUT2D eigenvalue weighted by Gasteiger charge is -2.22. The molecule has 1 saturated heterocycles. The Morgan fingerprint density at radius 2 is 2.54 bits per heavy atom. The zero-order valence-corrected chi connectivity index (χ0v) is 7.35. The Morgan fingerprint density at radius 3 is 3.15 bits per heavy atom. The van der Waals surface area contributed by atoms with Crippen LogP contribution in [0, 0.1) is 0 Å². The predicted octanol–water partition coefficient (Wildman–Crippen LogP) is 1.39. The lowest BCUT2D eigenvalue weighted by atomic mass is 10.2. The Bertz CT molecular complexity index is 290. The van der Waals surface area contributed by atoms with E-state index in [1.165, 1.54) is 6.42 Å². The average molecular weight is 180 g/mol. The van der Waals surface area contributed by atoms with Crippen molar-refractivity contribution in [3.8, 4) is 0 Å². The number of rotatable bonds is 2. The Balaban J connectivity index is 2.09. The highest BCUT2D eigenvalue weighted by Crippen LogP contribution is 2.21.